The van der Waals surface area contributed by atoms with E-state index in [2.05, 4.69) is 30.7 Å². The highest BCUT2D eigenvalue weighted by Crippen LogP contribution is 2.31. The number of amides is 1. The second-order valence-electron chi connectivity index (χ2n) is 6.24. The highest BCUT2D eigenvalue weighted by molar-refractivity contribution is 5.79. The molecule has 2 fully saturated rings. The van der Waals surface area contributed by atoms with Gasteiger partial charge in [-0.1, -0.05) is 13.8 Å². The first-order valence-corrected chi connectivity index (χ1v) is 6.45. The van der Waals surface area contributed by atoms with Crippen LogP contribution in [0.5, 0.6) is 0 Å². The van der Waals surface area contributed by atoms with E-state index in [4.69, 9.17) is 0 Å². The zero-order valence-electron chi connectivity index (χ0n) is 10.8. The summed E-state index contributed by atoms with van der Waals surface area (Å²) in [4.78, 5) is 16.6. The fourth-order valence-electron chi connectivity index (χ4n) is 2.73. The Morgan fingerprint density at radius 2 is 1.81 bits per heavy atom. The summed E-state index contributed by atoms with van der Waals surface area (Å²) in [6, 6.07) is 0. The largest absolute Gasteiger partial charge is 0.342 e. The van der Waals surface area contributed by atoms with Gasteiger partial charge in [-0.15, -0.1) is 0 Å². The summed E-state index contributed by atoms with van der Waals surface area (Å²) in [5, 5.41) is 0. The average Bonchev–Trinajstić information content (AvgIpc) is 2.64. The van der Waals surface area contributed by atoms with Crippen LogP contribution in [-0.2, 0) is 4.79 Å². The molecule has 2 saturated heterocycles. The highest BCUT2D eigenvalue weighted by atomic mass is 16.2. The number of likely N-dealkylation sites (tertiary alicyclic amines) is 2. The Hall–Kier alpha value is -0.570. The van der Waals surface area contributed by atoms with Crippen molar-refractivity contribution in [3.05, 3.63) is 0 Å². The van der Waals surface area contributed by atoms with Crippen molar-refractivity contribution >= 4 is 5.91 Å². The van der Waals surface area contributed by atoms with Crippen LogP contribution < -0.4 is 0 Å². The van der Waals surface area contributed by atoms with Crippen LogP contribution in [0, 0.1) is 11.3 Å². The van der Waals surface area contributed by atoms with Gasteiger partial charge in [0.1, 0.15) is 0 Å². The van der Waals surface area contributed by atoms with E-state index in [0.717, 1.165) is 45.4 Å². The molecule has 0 aromatic carbocycles. The molecular weight excluding hydrogens is 200 g/mol. The molecule has 0 N–H and O–H groups in total. The van der Waals surface area contributed by atoms with Gasteiger partial charge in [0, 0.05) is 19.6 Å². The Kier molecular flexibility index (Phi) is 3.24. The first kappa shape index (κ1) is 11.9. The normalized spacial score (nSPS) is 30.7. The van der Waals surface area contributed by atoms with E-state index in [1.807, 2.05) is 0 Å². The standard InChI is InChI=1S/C13H24N2O/c1-13(2)5-8-15(9-6-13)12(16)11-4-7-14(3)10-11/h11H,4-10H2,1-3H3. The predicted octanol–water partition coefficient (Wildman–Crippen LogP) is 1.59. The van der Waals surface area contributed by atoms with Crippen molar-refractivity contribution < 1.29 is 4.79 Å². The Morgan fingerprint density at radius 3 is 2.31 bits per heavy atom. The third-order valence-electron chi connectivity index (χ3n) is 4.17. The maximum absolute atomic E-state index is 12.3. The molecule has 0 aromatic heterocycles. The SMILES string of the molecule is CN1CCC(C(=O)N2CCC(C)(C)CC2)C1. The van der Waals surface area contributed by atoms with Gasteiger partial charge >= 0.3 is 0 Å². The van der Waals surface area contributed by atoms with E-state index in [1.54, 1.807) is 0 Å². The van der Waals surface area contributed by atoms with Crippen molar-refractivity contribution in [3.63, 3.8) is 0 Å². The summed E-state index contributed by atoms with van der Waals surface area (Å²) < 4.78 is 0. The van der Waals surface area contributed by atoms with Crippen molar-refractivity contribution in [2.45, 2.75) is 33.1 Å². The van der Waals surface area contributed by atoms with Gasteiger partial charge in [0.15, 0.2) is 0 Å². The molecule has 0 saturated carbocycles. The van der Waals surface area contributed by atoms with Crippen molar-refractivity contribution in [3.8, 4) is 0 Å². The minimum atomic E-state index is 0.270. The van der Waals surface area contributed by atoms with Crippen LogP contribution in [0.3, 0.4) is 0 Å². The Balaban J connectivity index is 1.87. The van der Waals surface area contributed by atoms with Gasteiger partial charge < -0.3 is 9.80 Å². The van der Waals surface area contributed by atoms with E-state index in [-0.39, 0.29) is 5.92 Å². The molecule has 1 amide bonds. The van der Waals surface area contributed by atoms with Gasteiger partial charge in [-0.05, 0) is 38.3 Å². The zero-order valence-corrected chi connectivity index (χ0v) is 10.8. The number of carbonyl (C=O) groups excluding carboxylic acids is 1. The van der Waals surface area contributed by atoms with Crippen molar-refractivity contribution in [2.75, 3.05) is 33.2 Å². The lowest BCUT2D eigenvalue weighted by Crippen LogP contribution is -2.44. The van der Waals surface area contributed by atoms with Crippen LogP contribution in [0.2, 0.25) is 0 Å². The third kappa shape index (κ3) is 2.57. The lowest BCUT2D eigenvalue weighted by molar-refractivity contribution is -0.137. The zero-order chi connectivity index (χ0) is 11.8. The molecule has 3 heteroatoms. The van der Waals surface area contributed by atoms with Gasteiger partial charge in [-0.25, -0.2) is 0 Å². The molecule has 2 aliphatic heterocycles. The summed E-state index contributed by atoms with van der Waals surface area (Å²) in [5.74, 6) is 0.672. The van der Waals surface area contributed by atoms with Gasteiger partial charge in [-0.3, -0.25) is 4.79 Å². The molecule has 1 atom stereocenters. The van der Waals surface area contributed by atoms with E-state index >= 15 is 0 Å². The van der Waals surface area contributed by atoms with Crippen LogP contribution in [0.25, 0.3) is 0 Å². The first-order chi connectivity index (χ1) is 7.48. The number of hydrogen-bond donors (Lipinski definition) is 0. The molecule has 3 nitrogen and oxygen atoms in total. The quantitative estimate of drug-likeness (QED) is 0.675. The third-order valence-corrected chi connectivity index (χ3v) is 4.17. The Bertz CT molecular complexity index is 265. The van der Waals surface area contributed by atoms with Crippen LogP contribution in [-0.4, -0.2) is 48.9 Å². The van der Waals surface area contributed by atoms with Crippen LogP contribution in [0.15, 0.2) is 0 Å². The van der Waals surface area contributed by atoms with Crippen molar-refractivity contribution in [1.29, 1.82) is 0 Å². The minimum absolute atomic E-state index is 0.270. The van der Waals surface area contributed by atoms with Gasteiger partial charge in [-0.2, -0.15) is 0 Å². The predicted molar refractivity (Wildman–Crippen MR) is 65.2 cm³/mol. The fraction of sp³-hybridized carbons (Fsp3) is 0.923. The summed E-state index contributed by atoms with van der Waals surface area (Å²) >= 11 is 0. The molecule has 0 aliphatic carbocycles. The van der Waals surface area contributed by atoms with E-state index < -0.39 is 0 Å². The number of hydrogen-bond acceptors (Lipinski definition) is 2. The molecule has 16 heavy (non-hydrogen) atoms. The Morgan fingerprint density at radius 1 is 1.19 bits per heavy atom. The van der Waals surface area contributed by atoms with E-state index in [0.29, 0.717) is 11.3 Å². The maximum atomic E-state index is 12.3. The molecule has 0 spiro atoms. The molecule has 2 rings (SSSR count). The number of piperidine rings is 1. The van der Waals surface area contributed by atoms with Crippen LogP contribution >= 0.6 is 0 Å². The number of nitrogens with zero attached hydrogens (tertiary/aromatic N) is 2. The first-order valence-electron chi connectivity index (χ1n) is 6.45. The van der Waals surface area contributed by atoms with Crippen molar-refractivity contribution in [2.24, 2.45) is 11.3 Å². The van der Waals surface area contributed by atoms with Crippen molar-refractivity contribution in [1.82, 2.24) is 9.80 Å². The molecule has 0 radical (unpaired) electrons. The van der Waals surface area contributed by atoms with Gasteiger partial charge in [0.05, 0.1) is 5.92 Å². The molecule has 2 heterocycles. The minimum Gasteiger partial charge on any atom is -0.342 e. The second kappa shape index (κ2) is 4.36. The summed E-state index contributed by atoms with van der Waals surface area (Å²) in [6.45, 7) is 8.57. The summed E-state index contributed by atoms with van der Waals surface area (Å²) in [5.41, 5.74) is 0.434. The molecule has 2 aliphatic rings. The topological polar surface area (TPSA) is 23.6 Å². The van der Waals surface area contributed by atoms with E-state index in [1.165, 1.54) is 0 Å². The molecular formula is C13H24N2O. The number of rotatable bonds is 1. The average molecular weight is 224 g/mol. The molecule has 1 unspecified atom stereocenters. The van der Waals surface area contributed by atoms with Crippen LogP contribution in [0.1, 0.15) is 33.1 Å². The van der Waals surface area contributed by atoms with Crippen LogP contribution in [0.4, 0.5) is 0 Å². The van der Waals surface area contributed by atoms with E-state index in [9.17, 15) is 4.79 Å². The summed E-state index contributed by atoms with van der Waals surface area (Å²) in [7, 11) is 2.10. The monoisotopic (exact) mass is 224 g/mol. The smallest absolute Gasteiger partial charge is 0.227 e. The molecule has 0 aromatic rings. The summed E-state index contributed by atoms with van der Waals surface area (Å²) in [6.07, 6.45) is 3.36. The van der Waals surface area contributed by atoms with Gasteiger partial charge in [0.25, 0.3) is 0 Å². The molecule has 0 bridgehead atoms. The fourth-order valence-corrected chi connectivity index (χ4v) is 2.73. The maximum Gasteiger partial charge on any atom is 0.227 e. The highest BCUT2D eigenvalue weighted by Gasteiger charge is 2.33. The lowest BCUT2D eigenvalue weighted by Gasteiger charge is -2.38. The lowest BCUT2D eigenvalue weighted by atomic mass is 9.82. The van der Waals surface area contributed by atoms with Gasteiger partial charge in [0.2, 0.25) is 5.91 Å². The Labute approximate surface area is 98.8 Å². The number of carbonyl (C=O) groups is 1. The second-order valence-corrected chi connectivity index (χ2v) is 6.24. The molecule has 92 valence electrons.